The fraction of sp³-hybridized carbons (Fsp3) is 1.00. The van der Waals surface area contributed by atoms with Gasteiger partial charge in [0.1, 0.15) is 0 Å². The van der Waals surface area contributed by atoms with Gasteiger partial charge >= 0.3 is 0 Å². The molecule has 4 heteroatoms. The van der Waals surface area contributed by atoms with E-state index in [0.717, 1.165) is 32.1 Å². The Balaban J connectivity index is 1.78. The van der Waals surface area contributed by atoms with Gasteiger partial charge in [0.2, 0.25) is 0 Å². The molecule has 0 bridgehead atoms. The van der Waals surface area contributed by atoms with E-state index in [4.69, 9.17) is 5.11 Å². The Kier molecular flexibility index (Phi) is 11.1. The fourth-order valence-corrected chi connectivity index (χ4v) is 3.52. The molecule has 4 nitrogen and oxygen atoms in total. The minimum atomic E-state index is -0.356. The lowest BCUT2D eigenvalue weighted by Crippen LogP contribution is -2.66. The van der Waals surface area contributed by atoms with Gasteiger partial charge in [-0.3, -0.25) is 0 Å². The van der Waals surface area contributed by atoms with Crippen molar-refractivity contribution in [3.05, 3.63) is 0 Å². The van der Waals surface area contributed by atoms with E-state index in [1.54, 1.807) is 0 Å². The van der Waals surface area contributed by atoms with Crippen LogP contribution in [0.1, 0.15) is 84.5 Å². The summed E-state index contributed by atoms with van der Waals surface area (Å²) in [4.78, 5) is 0. The topological polar surface area (TPSA) is 72.7 Å². The van der Waals surface area contributed by atoms with Crippen molar-refractivity contribution in [2.75, 3.05) is 6.61 Å². The van der Waals surface area contributed by atoms with E-state index >= 15 is 0 Å². The highest BCUT2D eigenvalue weighted by atomic mass is 16.3. The maximum atomic E-state index is 9.80. The van der Waals surface area contributed by atoms with Crippen molar-refractivity contribution in [3.63, 3.8) is 0 Å². The number of aliphatic hydroxyl groups is 3. The molecular formula is C19H39NO3. The zero-order valence-electron chi connectivity index (χ0n) is 15.2. The van der Waals surface area contributed by atoms with E-state index in [-0.39, 0.29) is 30.9 Å². The highest BCUT2D eigenvalue weighted by molar-refractivity contribution is 4.97. The largest absolute Gasteiger partial charge is 0.395 e. The molecule has 0 saturated carbocycles. The van der Waals surface area contributed by atoms with Crippen LogP contribution in [0.25, 0.3) is 0 Å². The summed E-state index contributed by atoms with van der Waals surface area (Å²) >= 11 is 0. The van der Waals surface area contributed by atoms with E-state index in [9.17, 15) is 10.2 Å². The van der Waals surface area contributed by atoms with E-state index in [1.165, 1.54) is 38.5 Å². The average Bonchev–Trinajstić information content (AvgIpc) is 2.50. The Labute approximate surface area is 142 Å². The van der Waals surface area contributed by atoms with Crippen molar-refractivity contribution < 1.29 is 15.3 Å². The van der Waals surface area contributed by atoms with Gasteiger partial charge in [0.15, 0.2) is 0 Å². The molecule has 4 N–H and O–H groups in total. The molecule has 138 valence electrons. The number of rotatable bonds is 14. The third-order valence-electron chi connectivity index (χ3n) is 5.00. The van der Waals surface area contributed by atoms with Crippen LogP contribution >= 0.6 is 0 Å². The van der Waals surface area contributed by atoms with Gasteiger partial charge in [-0.25, -0.2) is 0 Å². The Morgan fingerprint density at radius 2 is 1.43 bits per heavy atom. The van der Waals surface area contributed by atoms with Gasteiger partial charge in [0, 0.05) is 6.04 Å². The molecule has 0 radical (unpaired) electrons. The maximum Gasteiger partial charge on any atom is 0.0868 e. The van der Waals surface area contributed by atoms with Crippen LogP contribution in [0.15, 0.2) is 0 Å². The SMILES string of the molecule is CC(C)C[C@H](O)CCCCCCCCCC[C@@H]1N[C@@H](CO)[C@@H]1O. The molecule has 0 spiro atoms. The molecule has 0 unspecified atom stereocenters. The third kappa shape index (κ3) is 9.04. The van der Waals surface area contributed by atoms with Crippen molar-refractivity contribution in [2.45, 2.75) is 109 Å². The van der Waals surface area contributed by atoms with Gasteiger partial charge in [-0.2, -0.15) is 0 Å². The lowest BCUT2D eigenvalue weighted by molar-refractivity contribution is -0.0192. The van der Waals surface area contributed by atoms with Crippen molar-refractivity contribution in [1.82, 2.24) is 5.32 Å². The van der Waals surface area contributed by atoms with Crippen LogP contribution < -0.4 is 5.32 Å². The number of hydrogen-bond acceptors (Lipinski definition) is 4. The number of aliphatic hydroxyl groups excluding tert-OH is 3. The molecule has 1 heterocycles. The minimum Gasteiger partial charge on any atom is -0.395 e. The van der Waals surface area contributed by atoms with Crippen LogP contribution in [0.4, 0.5) is 0 Å². The molecule has 4 atom stereocenters. The summed E-state index contributed by atoms with van der Waals surface area (Å²) in [6, 6.07) is 0.100. The quantitative estimate of drug-likeness (QED) is 0.370. The van der Waals surface area contributed by atoms with Gasteiger partial charge < -0.3 is 20.6 Å². The standard InChI is InChI=1S/C19H39NO3/c1-15(2)13-16(22)11-9-7-5-3-4-6-8-10-12-17-19(23)18(14-21)20-17/h15-23H,3-14H2,1-2H3/t16-,17+,18+,19-/m1/s1. The molecule has 0 aromatic carbocycles. The number of hydrogen-bond donors (Lipinski definition) is 4. The minimum absolute atomic E-state index is 0.0339. The Morgan fingerprint density at radius 1 is 0.870 bits per heavy atom. The zero-order chi connectivity index (χ0) is 17.1. The molecule has 23 heavy (non-hydrogen) atoms. The second-order valence-corrected chi connectivity index (χ2v) is 7.74. The lowest BCUT2D eigenvalue weighted by Gasteiger charge is -2.42. The van der Waals surface area contributed by atoms with Gasteiger partial charge in [-0.05, 0) is 25.2 Å². The monoisotopic (exact) mass is 329 g/mol. The summed E-state index contributed by atoms with van der Waals surface area (Å²) in [7, 11) is 0. The molecule has 1 aliphatic rings. The number of unbranched alkanes of at least 4 members (excludes halogenated alkanes) is 7. The molecule has 0 aliphatic carbocycles. The first-order chi connectivity index (χ1) is 11.0. The average molecular weight is 330 g/mol. The molecule has 1 fully saturated rings. The lowest BCUT2D eigenvalue weighted by atomic mass is 9.89. The summed E-state index contributed by atoms with van der Waals surface area (Å²) < 4.78 is 0. The Hall–Kier alpha value is -0.160. The van der Waals surface area contributed by atoms with Crippen molar-refractivity contribution >= 4 is 0 Å². The normalized spacial score (nSPS) is 25.6. The molecule has 0 aromatic heterocycles. The van der Waals surface area contributed by atoms with E-state index < -0.39 is 0 Å². The predicted molar refractivity (Wildman–Crippen MR) is 95.4 cm³/mol. The van der Waals surface area contributed by atoms with E-state index in [1.807, 2.05) is 0 Å². The molecule has 0 aromatic rings. The van der Waals surface area contributed by atoms with Crippen LogP contribution in [-0.4, -0.2) is 46.2 Å². The van der Waals surface area contributed by atoms with Gasteiger partial charge in [0.05, 0.1) is 24.9 Å². The van der Waals surface area contributed by atoms with Crippen molar-refractivity contribution in [2.24, 2.45) is 5.92 Å². The van der Waals surface area contributed by atoms with E-state index in [0.29, 0.717) is 5.92 Å². The molecule has 0 amide bonds. The highest BCUT2D eigenvalue weighted by Gasteiger charge is 2.37. The summed E-state index contributed by atoms with van der Waals surface area (Å²) in [5, 5.41) is 31.7. The van der Waals surface area contributed by atoms with Gasteiger partial charge in [-0.1, -0.05) is 65.2 Å². The molecule has 1 saturated heterocycles. The summed E-state index contributed by atoms with van der Waals surface area (Å²) in [5.74, 6) is 0.593. The first kappa shape index (κ1) is 20.9. The Morgan fingerprint density at radius 3 is 1.96 bits per heavy atom. The molecule has 1 aliphatic heterocycles. The first-order valence-corrected chi connectivity index (χ1v) is 9.77. The van der Waals surface area contributed by atoms with Crippen LogP contribution in [0, 0.1) is 5.92 Å². The van der Waals surface area contributed by atoms with Gasteiger partial charge in [0.25, 0.3) is 0 Å². The van der Waals surface area contributed by atoms with Crippen LogP contribution in [0.2, 0.25) is 0 Å². The van der Waals surface area contributed by atoms with Gasteiger partial charge in [-0.15, -0.1) is 0 Å². The predicted octanol–water partition coefficient (Wildman–Crippen LogP) is 2.99. The van der Waals surface area contributed by atoms with E-state index in [2.05, 4.69) is 19.2 Å². The second-order valence-electron chi connectivity index (χ2n) is 7.74. The maximum absolute atomic E-state index is 9.80. The summed E-state index contributed by atoms with van der Waals surface area (Å²) in [6.07, 6.45) is 12.4. The van der Waals surface area contributed by atoms with Crippen LogP contribution in [0.3, 0.4) is 0 Å². The summed E-state index contributed by atoms with van der Waals surface area (Å²) in [6.45, 7) is 4.36. The highest BCUT2D eigenvalue weighted by Crippen LogP contribution is 2.19. The second kappa shape index (κ2) is 12.2. The molecular weight excluding hydrogens is 290 g/mol. The first-order valence-electron chi connectivity index (χ1n) is 9.77. The molecule has 1 rings (SSSR count). The van der Waals surface area contributed by atoms with Crippen LogP contribution in [-0.2, 0) is 0 Å². The van der Waals surface area contributed by atoms with Crippen molar-refractivity contribution in [1.29, 1.82) is 0 Å². The smallest absolute Gasteiger partial charge is 0.0868 e. The number of nitrogens with one attached hydrogen (secondary N) is 1. The summed E-state index contributed by atoms with van der Waals surface area (Å²) in [5.41, 5.74) is 0. The van der Waals surface area contributed by atoms with Crippen LogP contribution in [0.5, 0.6) is 0 Å². The zero-order valence-corrected chi connectivity index (χ0v) is 15.2. The fourth-order valence-electron chi connectivity index (χ4n) is 3.52. The third-order valence-corrected chi connectivity index (χ3v) is 5.00. The Bertz CT molecular complexity index is 286. The van der Waals surface area contributed by atoms with Crippen molar-refractivity contribution in [3.8, 4) is 0 Å².